The minimum atomic E-state index is -2.00. The summed E-state index contributed by atoms with van der Waals surface area (Å²) in [6, 6.07) is 12.5. The normalized spacial score (nSPS) is 19.3. The van der Waals surface area contributed by atoms with E-state index in [0.717, 1.165) is 29.2 Å². The zero-order valence-electron chi connectivity index (χ0n) is 24.8. The van der Waals surface area contributed by atoms with E-state index in [1.807, 2.05) is 31.2 Å². The van der Waals surface area contributed by atoms with Gasteiger partial charge >= 0.3 is 143 Å². The van der Waals surface area contributed by atoms with Gasteiger partial charge in [0.25, 0.3) is 0 Å². The molecule has 0 bridgehead atoms. The van der Waals surface area contributed by atoms with Gasteiger partial charge in [0, 0.05) is 7.92 Å². The van der Waals surface area contributed by atoms with E-state index < -0.39 is 13.5 Å². The SMILES string of the molecule is C1CCC([PH+](C2CCCCC2)C2CCCCC2)CC1.CC[OH+]c1ccccc1NCc1ccc(F)cc1[CH]=[Ru]([Cl])[Cl]. The zero-order chi connectivity index (χ0) is 28.9. The summed E-state index contributed by atoms with van der Waals surface area (Å²) >= 11 is -2.00. The summed E-state index contributed by atoms with van der Waals surface area (Å²) in [5.41, 5.74) is 6.33. The summed E-state index contributed by atoms with van der Waals surface area (Å²) in [5.74, 6) is 0.625. The van der Waals surface area contributed by atoms with E-state index in [9.17, 15) is 4.39 Å². The summed E-state index contributed by atoms with van der Waals surface area (Å²) in [6.07, 6.45) is 23.8. The average molecular weight is 712 g/mol. The monoisotopic (exact) mass is 711 g/mol. The van der Waals surface area contributed by atoms with Crippen LogP contribution in [0.3, 0.4) is 0 Å². The number of ether oxygens (including phenoxy) is 1. The third kappa shape index (κ3) is 10.9. The first kappa shape index (κ1) is 33.4. The van der Waals surface area contributed by atoms with E-state index >= 15 is 0 Å². The molecule has 2 aromatic carbocycles. The van der Waals surface area contributed by atoms with Crippen molar-refractivity contribution < 1.29 is 22.6 Å². The van der Waals surface area contributed by atoms with Crippen LogP contribution in [0.4, 0.5) is 10.1 Å². The molecule has 41 heavy (non-hydrogen) atoms. The maximum atomic E-state index is 13.4. The van der Waals surface area contributed by atoms with Gasteiger partial charge in [-0.15, -0.1) is 0 Å². The number of anilines is 1. The van der Waals surface area contributed by atoms with Crippen molar-refractivity contribution >= 4 is 37.6 Å². The number of nitrogens with one attached hydrogen (secondary N) is 1. The molecule has 0 aliphatic heterocycles. The van der Waals surface area contributed by atoms with Crippen molar-refractivity contribution in [3.05, 3.63) is 59.4 Å². The van der Waals surface area contributed by atoms with Crippen LogP contribution < -0.4 is 5.32 Å². The molecule has 3 aliphatic carbocycles. The summed E-state index contributed by atoms with van der Waals surface area (Å²) in [5, 5.41) is 3.34. The van der Waals surface area contributed by atoms with E-state index in [0.29, 0.717) is 6.54 Å². The topological polar surface area (TPSA) is 24.8 Å². The number of benzene rings is 2. The Morgan fingerprint density at radius 1 is 0.829 bits per heavy atom. The Hall–Kier alpha value is -0.527. The second kappa shape index (κ2) is 18.3. The first-order chi connectivity index (χ1) is 20.0. The van der Waals surface area contributed by atoms with Crippen LogP contribution in [0.2, 0.25) is 0 Å². The molecule has 3 fully saturated rings. The Morgan fingerprint density at radius 2 is 1.37 bits per heavy atom. The fourth-order valence-electron chi connectivity index (χ4n) is 7.33. The number of aromatic hydroxyl groups is 1. The van der Waals surface area contributed by atoms with E-state index in [1.165, 1.54) is 29.1 Å². The molecule has 0 spiro atoms. The van der Waals surface area contributed by atoms with Gasteiger partial charge in [-0.1, -0.05) is 19.3 Å². The standard InChI is InChI=1S/C18H33P.C16H16FNO.2ClH.Ru/c1-4-10-16(11-5-1)19(17-12-6-2-7-13-17)18-14-8-3-9-15-18;1-3-19-16-7-5-4-6-15(16)18-11-13-8-9-14(17)10-12(13)2;;;/h16-18H,1-15H2;2,4-10,18H,3,11H2,1H3;2*1H;/q;;;;+2. The number of hydrogen-bond acceptors (Lipinski definition) is 1. The average Bonchev–Trinajstić information content (AvgIpc) is 2.99. The second-order valence-corrected chi connectivity index (χ2v) is 21.2. The summed E-state index contributed by atoms with van der Waals surface area (Å²) in [4.78, 5) is 0. The van der Waals surface area contributed by atoms with Crippen LogP contribution in [-0.4, -0.2) is 32.9 Å². The molecule has 0 unspecified atom stereocenters. The maximum absolute atomic E-state index is 13.4. The predicted octanol–water partition coefficient (Wildman–Crippen LogP) is 11.0. The van der Waals surface area contributed by atoms with Crippen molar-refractivity contribution in [2.75, 3.05) is 11.9 Å². The van der Waals surface area contributed by atoms with Crippen molar-refractivity contribution in [3.8, 4) is 5.75 Å². The van der Waals surface area contributed by atoms with Gasteiger partial charge in [-0.3, -0.25) is 0 Å². The van der Waals surface area contributed by atoms with Crippen molar-refractivity contribution in [2.45, 2.75) is 127 Å². The Bertz CT molecular complexity index is 1040. The molecule has 230 valence electrons. The van der Waals surface area contributed by atoms with Crippen molar-refractivity contribution in [2.24, 2.45) is 0 Å². The van der Waals surface area contributed by atoms with Crippen LogP contribution in [-0.2, 0) is 20.1 Å². The Balaban J connectivity index is 0.000000191. The number of hydrogen-bond donors (Lipinski definition) is 1. The molecule has 0 atom stereocenters. The van der Waals surface area contributed by atoms with Gasteiger partial charge in [-0.25, -0.2) is 0 Å². The molecule has 2 aromatic rings. The zero-order valence-corrected chi connectivity index (χ0v) is 29.1. The quantitative estimate of drug-likeness (QED) is 0.119. The first-order valence-corrected chi connectivity index (χ1v) is 23.2. The molecule has 0 amide bonds. The van der Waals surface area contributed by atoms with Crippen molar-refractivity contribution in [1.29, 1.82) is 0 Å². The summed E-state index contributed by atoms with van der Waals surface area (Å²) in [6.45, 7) is 3.27. The van der Waals surface area contributed by atoms with Gasteiger partial charge < -0.3 is 0 Å². The molecular formula is C34H51Cl2FNOPRu+2. The third-order valence-corrected chi connectivity index (χ3v) is 15.6. The molecule has 3 aliphatic rings. The van der Waals surface area contributed by atoms with Crippen LogP contribution in [0.25, 0.3) is 0 Å². The molecule has 0 aromatic heterocycles. The fourth-order valence-corrected chi connectivity index (χ4v) is 14.4. The van der Waals surface area contributed by atoms with E-state index in [4.69, 9.17) is 19.4 Å². The third-order valence-electron chi connectivity index (χ3n) is 9.23. The molecule has 0 radical (unpaired) electrons. The van der Waals surface area contributed by atoms with Crippen LogP contribution in [0.15, 0.2) is 42.5 Å². The molecule has 2 N–H and O–H groups in total. The molecule has 3 saturated carbocycles. The molecule has 5 rings (SSSR count). The van der Waals surface area contributed by atoms with Gasteiger partial charge in [0.15, 0.2) is 0 Å². The minimum absolute atomic E-state index is 0.0465. The van der Waals surface area contributed by atoms with Crippen LogP contribution in [0.1, 0.15) is 114 Å². The molecule has 0 heterocycles. The van der Waals surface area contributed by atoms with Crippen molar-refractivity contribution in [3.63, 3.8) is 0 Å². The van der Waals surface area contributed by atoms with Gasteiger partial charge in [-0.2, -0.15) is 0 Å². The van der Waals surface area contributed by atoms with E-state index in [-0.39, 0.29) is 13.7 Å². The number of aliphatic hydroxyl groups is 1. The van der Waals surface area contributed by atoms with Gasteiger partial charge in [-0.05, 0) is 77.0 Å². The number of para-hydroxylation sites is 2. The predicted molar refractivity (Wildman–Crippen MR) is 178 cm³/mol. The molecule has 2 nitrogen and oxygen atoms in total. The second-order valence-electron chi connectivity index (χ2n) is 12.0. The van der Waals surface area contributed by atoms with E-state index in [1.54, 1.807) is 107 Å². The number of halogens is 3. The van der Waals surface area contributed by atoms with E-state index in [2.05, 4.69) is 10.1 Å². The van der Waals surface area contributed by atoms with Crippen LogP contribution in [0, 0.1) is 5.82 Å². The van der Waals surface area contributed by atoms with Crippen LogP contribution >= 0.6 is 27.3 Å². The Labute approximate surface area is 262 Å². The van der Waals surface area contributed by atoms with Crippen molar-refractivity contribution in [1.82, 2.24) is 0 Å². The van der Waals surface area contributed by atoms with Gasteiger partial charge in [0.2, 0.25) is 0 Å². The first-order valence-electron chi connectivity index (χ1n) is 16.0. The molecule has 0 saturated heterocycles. The fraction of sp³-hybridized carbons (Fsp3) is 0.618. The van der Waals surface area contributed by atoms with Crippen LogP contribution in [0.5, 0.6) is 5.75 Å². The molecule has 7 heteroatoms. The summed E-state index contributed by atoms with van der Waals surface area (Å²) < 4.78 is 19.6. The Morgan fingerprint density at radius 3 is 1.88 bits per heavy atom. The number of rotatable bonds is 9. The summed E-state index contributed by atoms with van der Waals surface area (Å²) in [7, 11) is 11.8. The van der Waals surface area contributed by atoms with Gasteiger partial charge in [0.1, 0.15) is 0 Å². The van der Waals surface area contributed by atoms with Gasteiger partial charge in [0.05, 0.1) is 17.0 Å². The Kier molecular flexibility index (Phi) is 14.9. The molecular weight excluding hydrogens is 660 g/mol.